The maximum atomic E-state index is 14.1. The highest BCUT2D eigenvalue weighted by Crippen LogP contribution is 2.39. The SMILES string of the molecule is NS(=O)(=O)N1CCC1c1cc(OC[C@H]2COC3(CCCCC3)O2)nc(SCc2cccc(F)c2F)n1. The van der Waals surface area contributed by atoms with E-state index in [1.165, 1.54) is 18.6 Å². The lowest BCUT2D eigenvalue weighted by atomic mass is 9.94. The van der Waals surface area contributed by atoms with E-state index in [1.807, 2.05) is 0 Å². The van der Waals surface area contributed by atoms with Crippen molar-refractivity contribution < 1.29 is 31.4 Å². The van der Waals surface area contributed by atoms with Crippen LogP contribution >= 0.6 is 11.8 Å². The van der Waals surface area contributed by atoms with Gasteiger partial charge in [0.1, 0.15) is 12.7 Å². The Morgan fingerprint density at radius 2 is 2.03 bits per heavy atom. The zero-order valence-corrected chi connectivity index (χ0v) is 21.2. The molecule has 3 heterocycles. The smallest absolute Gasteiger partial charge is 0.277 e. The first kappa shape index (κ1) is 25.7. The number of hydrogen-bond donors (Lipinski definition) is 1. The maximum absolute atomic E-state index is 14.1. The minimum absolute atomic E-state index is 0.0815. The van der Waals surface area contributed by atoms with Gasteiger partial charge >= 0.3 is 0 Å². The van der Waals surface area contributed by atoms with Crippen molar-refractivity contribution in [3.8, 4) is 5.88 Å². The molecule has 2 aromatic rings. The molecule has 13 heteroatoms. The number of ether oxygens (including phenoxy) is 3. The van der Waals surface area contributed by atoms with E-state index in [2.05, 4.69) is 9.97 Å². The molecule has 0 bridgehead atoms. The molecule has 1 saturated carbocycles. The first-order valence-corrected chi connectivity index (χ1v) is 14.4. The van der Waals surface area contributed by atoms with Crippen molar-refractivity contribution in [3.05, 3.63) is 47.2 Å². The van der Waals surface area contributed by atoms with Crippen molar-refractivity contribution in [1.29, 1.82) is 0 Å². The van der Waals surface area contributed by atoms with E-state index in [9.17, 15) is 17.2 Å². The molecule has 1 aromatic heterocycles. The summed E-state index contributed by atoms with van der Waals surface area (Å²) in [5, 5.41) is 5.58. The van der Waals surface area contributed by atoms with Gasteiger partial charge in [-0.1, -0.05) is 30.3 Å². The minimum atomic E-state index is -3.90. The van der Waals surface area contributed by atoms with Gasteiger partial charge in [-0.2, -0.15) is 17.7 Å². The molecule has 5 rings (SSSR count). The Hall–Kier alpha value is -1.90. The molecule has 2 aliphatic heterocycles. The number of aromatic nitrogens is 2. The Balaban J connectivity index is 1.32. The van der Waals surface area contributed by atoms with E-state index < -0.39 is 33.7 Å². The van der Waals surface area contributed by atoms with Crippen molar-refractivity contribution in [2.45, 2.75) is 67.4 Å². The monoisotopic (exact) mass is 542 g/mol. The van der Waals surface area contributed by atoms with Gasteiger partial charge in [-0.25, -0.2) is 18.9 Å². The molecule has 2 saturated heterocycles. The lowest BCUT2D eigenvalue weighted by Crippen LogP contribution is -2.48. The Morgan fingerprint density at radius 3 is 2.75 bits per heavy atom. The van der Waals surface area contributed by atoms with Crippen LogP contribution in [-0.4, -0.2) is 54.3 Å². The summed E-state index contributed by atoms with van der Waals surface area (Å²) in [6.07, 6.45) is 5.32. The van der Waals surface area contributed by atoms with E-state index in [0.717, 1.165) is 47.8 Å². The van der Waals surface area contributed by atoms with Crippen LogP contribution in [0.1, 0.15) is 55.8 Å². The van der Waals surface area contributed by atoms with E-state index >= 15 is 0 Å². The maximum Gasteiger partial charge on any atom is 0.277 e. The van der Waals surface area contributed by atoms with E-state index in [4.69, 9.17) is 19.3 Å². The van der Waals surface area contributed by atoms with Gasteiger partial charge < -0.3 is 14.2 Å². The number of hydrogen-bond acceptors (Lipinski definition) is 8. The second kappa shape index (κ2) is 10.5. The largest absolute Gasteiger partial charge is 0.475 e. The van der Waals surface area contributed by atoms with Gasteiger partial charge in [0.15, 0.2) is 22.6 Å². The summed E-state index contributed by atoms with van der Waals surface area (Å²) in [6, 6.07) is 5.01. The molecule has 0 amide bonds. The standard InChI is InChI=1S/C23H28F2N4O5S2/c24-17-6-4-5-15(21(17)25)14-35-22-27-18(19-7-10-29(19)36(26,30)31)11-20(28-22)32-12-16-13-33-23(34-16)8-2-1-3-9-23/h4-6,11,16,19H,1-3,7-10,12-14H2,(H2,26,30,31)/t16-,19?/m0/s1. The molecule has 1 spiro atoms. The fourth-order valence-electron chi connectivity index (χ4n) is 4.73. The highest BCUT2D eigenvalue weighted by Gasteiger charge is 2.42. The molecule has 1 aliphatic carbocycles. The lowest BCUT2D eigenvalue weighted by Gasteiger charge is -2.37. The quantitative estimate of drug-likeness (QED) is 0.398. The molecule has 1 aromatic carbocycles. The summed E-state index contributed by atoms with van der Waals surface area (Å²) >= 11 is 1.10. The van der Waals surface area contributed by atoms with Gasteiger partial charge in [0.2, 0.25) is 5.88 Å². The summed E-state index contributed by atoms with van der Waals surface area (Å²) in [6.45, 7) is 0.903. The summed E-state index contributed by atoms with van der Waals surface area (Å²) in [5.41, 5.74) is 0.593. The van der Waals surface area contributed by atoms with Crippen LogP contribution in [-0.2, 0) is 25.4 Å². The van der Waals surface area contributed by atoms with Crippen molar-refractivity contribution in [2.24, 2.45) is 5.14 Å². The van der Waals surface area contributed by atoms with Crippen LogP contribution in [0, 0.1) is 11.6 Å². The molecule has 36 heavy (non-hydrogen) atoms. The molecule has 3 fully saturated rings. The number of rotatable bonds is 8. The highest BCUT2D eigenvalue weighted by atomic mass is 32.2. The molecule has 9 nitrogen and oxygen atoms in total. The zero-order valence-electron chi connectivity index (χ0n) is 19.6. The molecular formula is C23H28F2N4O5S2. The van der Waals surface area contributed by atoms with Crippen LogP contribution in [0.3, 0.4) is 0 Å². The number of halogens is 2. The summed E-state index contributed by atoms with van der Waals surface area (Å²) < 4.78 is 70.8. The molecule has 1 unspecified atom stereocenters. The predicted molar refractivity (Wildman–Crippen MR) is 127 cm³/mol. The molecule has 2 N–H and O–H groups in total. The Morgan fingerprint density at radius 1 is 1.22 bits per heavy atom. The van der Waals surface area contributed by atoms with E-state index in [1.54, 1.807) is 6.07 Å². The average molecular weight is 543 g/mol. The predicted octanol–water partition coefficient (Wildman–Crippen LogP) is 3.45. The van der Waals surface area contributed by atoms with Gasteiger partial charge in [0.25, 0.3) is 10.2 Å². The summed E-state index contributed by atoms with van der Waals surface area (Å²) in [5.74, 6) is -2.07. The Bertz CT molecular complexity index is 1210. The minimum Gasteiger partial charge on any atom is -0.475 e. The lowest BCUT2D eigenvalue weighted by molar-refractivity contribution is -0.189. The van der Waals surface area contributed by atoms with Crippen LogP contribution < -0.4 is 9.88 Å². The van der Waals surface area contributed by atoms with Crippen molar-refractivity contribution >= 4 is 22.0 Å². The molecule has 3 aliphatic rings. The summed E-state index contributed by atoms with van der Waals surface area (Å²) in [7, 11) is -3.90. The van der Waals surface area contributed by atoms with E-state index in [0.29, 0.717) is 18.7 Å². The second-order valence-corrected chi connectivity index (χ2v) is 11.7. The normalized spacial score (nSPS) is 24.1. The molecular weight excluding hydrogens is 514 g/mol. The first-order valence-electron chi connectivity index (χ1n) is 11.9. The topological polar surface area (TPSA) is 117 Å². The van der Waals surface area contributed by atoms with Crippen LogP contribution in [0.5, 0.6) is 5.88 Å². The van der Waals surface area contributed by atoms with Crippen LogP contribution in [0.25, 0.3) is 0 Å². The molecule has 196 valence electrons. The molecule has 0 radical (unpaired) electrons. The third kappa shape index (κ3) is 5.65. The van der Waals surface area contributed by atoms with Gasteiger partial charge in [-0.3, -0.25) is 0 Å². The highest BCUT2D eigenvalue weighted by molar-refractivity contribution is 7.98. The van der Waals surface area contributed by atoms with Gasteiger partial charge in [0, 0.05) is 36.8 Å². The van der Waals surface area contributed by atoms with Crippen molar-refractivity contribution in [3.63, 3.8) is 0 Å². The number of nitrogens with two attached hydrogens (primary N) is 1. The summed E-state index contributed by atoms with van der Waals surface area (Å²) in [4.78, 5) is 8.88. The first-order chi connectivity index (χ1) is 17.2. The Kier molecular flexibility index (Phi) is 7.48. The number of thioether (sulfide) groups is 1. The zero-order chi connectivity index (χ0) is 25.3. The van der Waals surface area contributed by atoms with E-state index in [-0.39, 0.29) is 41.6 Å². The number of nitrogens with zero attached hydrogens (tertiary/aromatic N) is 3. The average Bonchev–Trinajstić information content (AvgIpc) is 3.19. The molecule has 2 atom stereocenters. The van der Waals surface area contributed by atoms with Gasteiger partial charge in [-0.15, -0.1) is 0 Å². The fraction of sp³-hybridized carbons (Fsp3) is 0.565. The second-order valence-electron chi connectivity index (χ2n) is 9.21. The van der Waals surface area contributed by atoms with Crippen molar-refractivity contribution in [1.82, 2.24) is 14.3 Å². The van der Waals surface area contributed by atoms with Crippen LogP contribution in [0.4, 0.5) is 8.78 Å². The van der Waals surface area contributed by atoms with Gasteiger partial charge in [-0.05, 0) is 25.3 Å². The van der Waals surface area contributed by atoms with Crippen LogP contribution in [0.2, 0.25) is 0 Å². The third-order valence-electron chi connectivity index (χ3n) is 6.68. The van der Waals surface area contributed by atoms with Crippen molar-refractivity contribution in [2.75, 3.05) is 19.8 Å². The fourth-order valence-corrected chi connectivity index (χ4v) is 6.49. The third-order valence-corrected chi connectivity index (χ3v) is 8.66. The number of benzene rings is 1. The van der Waals surface area contributed by atoms with Crippen LogP contribution in [0.15, 0.2) is 29.4 Å². The van der Waals surface area contributed by atoms with Gasteiger partial charge in [0.05, 0.1) is 18.3 Å². The Labute approximate surface area is 212 Å².